The molecule has 0 aliphatic heterocycles. The summed E-state index contributed by atoms with van der Waals surface area (Å²) in [5, 5.41) is 19.8. The van der Waals surface area contributed by atoms with Crippen molar-refractivity contribution in [2.75, 3.05) is 19.6 Å². The van der Waals surface area contributed by atoms with E-state index in [1.165, 1.54) is 18.3 Å². The van der Waals surface area contributed by atoms with Crippen LogP contribution < -0.4 is 38.1 Å². The molecule has 5 amide bonds. The molecule has 1 heterocycles. The minimum atomic E-state index is -1.20. The molecule has 0 aliphatic carbocycles. The zero-order chi connectivity index (χ0) is 29.7. The highest BCUT2D eigenvalue weighted by Gasteiger charge is 2.26. The van der Waals surface area contributed by atoms with Gasteiger partial charge in [0.1, 0.15) is 6.04 Å². The van der Waals surface area contributed by atoms with E-state index in [0.29, 0.717) is 18.5 Å². The number of rotatable bonds is 16. The molecule has 2 aromatic rings. The monoisotopic (exact) mass is 575 g/mol. The minimum absolute atomic E-state index is 0.129. The third-order valence-electron chi connectivity index (χ3n) is 5.39. The number of benzene rings is 1. The summed E-state index contributed by atoms with van der Waals surface area (Å²) in [6.45, 7) is 0.607. The van der Waals surface area contributed by atoms with Gasteiger partial charge in [0.15, 0.2) is 11.0 Å². The van der Waals surface area contributed by atoms with Crippen molar-refractivity contribution in [1.29, 1.82) is 5.41 Å². The number of fused-ring (bicyclic) bond motifs is 1. The first-order chi connectivity index (χ1) is 19.0. The lowest BCUT2D eigenvalue weighted by Gasteiger charge is -2.20. The number of carbonyl (C=O) groups is 6. The van der Waals surface area contributed by atoms with Crippen LogP contribution in [0.2, 0.25) is 0 Å². The summed E-state index contributed by atoms with van der Waals surface area (Å²) >= 11 is 1.19. The van der Waals surface area contributed by atoms with E-state index in [1.54, 1.807) is 12.1 Å². The van der Waals surface area contributed by atoms with E-state index in [-0.39, 0.29) is 36.8 Å². The number of nitrogens with zero attached hydrogens (tertiary/aromatic N) is 1. The molecule has 0 aliphatic rings. The second-order valence-corrected chi connectivity index (χ2v) is 9.74. The van der Waals surface area contributed by atoms with Gasteiger partial charge in [-0.1, -0.05) is 12.1 Å². The van der Waals surface area contributed by atoms with Crippen LogP contribution in [0.1, 0.15) is 42.4 Å². The molecule has 1 aromatic heterocycles. The minimum Gasteiger partial charge on any atom is -0.370 e. The highest BCUT2D eigenvalue weighted by Crippen LogP contribution is 2.23. The number of nitrogens with one attached hydrogen (secondary N) is 6. The number of hydrogen-bond donors (Lipinski definition) is 8. The van der Waals surface area contributed by atoms with Gasteiger partial charge < -0.3 is 38.1 Å². The molecular formula is C24H33N9O6S. The Hall–Kier alpha value is -4.60. The predicted molar refractivity (Wildman–Crippen MR) is 147 cm³/mol. The lowest BCUT2D eigenvalue weighted by atomic mass is 10.1. The van der Waals surface area contributed by atoms with Crippen molar-refractivity contribution in [3.63, 3.8) is 0 Å². The number of thiazole rings is 1. The summed E-state index contributed by atoms with van der Waals surface area (Å²) in [5.74, 6) is -3.88. The molecule has 0 saturated heterocycles. The van der Waals surface area contributed by atoms with Crippen LogP contribution in [0.3, 0.4) is 0 Å². The van der Waals surface area contributed by atoms with Gasteiger partial charge in [-0.05, 0) is 31.4 Å². The Bertz CT molecular complexity index is 1230. The Balaban J connectivity index is 2.04. The van der Waals surface area contributed by atoms with Gasteiger partial charge in [0.25, 0.3) is 0 Å². The third-order valence-corrected chi connectivity index (χ3v) is 6.44. The molecule has 2 atom stereocenters. The van der Waals surface area contributed by atoms with Crippen LogP contribution in [-0.4, -0.2) is 78.0 Å². The highest BCUT2D eigenvalue weighted by molar-refractivity contribution is 7.20. The summed E-state index contributed by atoms with van der Waals surface area (Å²) in [7, 11) is 0. The van der Waals surface area contributed by atoms with Crippen LogP contribution in [0.25, 0.3) is 10.2 Å². The predicted octanol–water partition coefficient (Wildman–Crippen LogP) is -1.77. The van der Waals surface area contributed by atoms with Gasteiger partial charge >= 0.3 is 0 Å². The van der Waals surface area contributed by atoms with Crippen molar-refractivity contribution in [3.05, 3.63) is 29.3 Å². The van der Waals surface area contributed by atoms with E-state index in [2.05, 4.69) is 31.6 Å². The number of Topliss-reactive ketones (excluding diaryl/α,β-unsaturated/α-hetero) is 1. The standard InChI is InChI=1S/C24H33N9O6S/c1-13(34)29-11-19(36)32-16(8-9-18(25)35)22(39)30-12-20(37)31-15(6-4-10-28-24(26)27)21(38)23-33-14-5-2-3-7-17(14)40-23/h2-3,5,7,15-16H,4,6,8-12H2,1H3,(H2,25,35)(H,29,34)(H,30,39)(H,31,37)(H,32,36)(H4,26,27,28)/t15-,16-/m0/s1. The normalized spacial score (nSPS) is 12.0. The summed E-state index contributed by atoms with van der Waals surface area (Å²) in [6.07, 6.45) is 0.256. The third kappa shape index (κ3) is 11.0. The van der Waals surface area contributed by atoms with Crippen molar-refractivity contribution in [1.82, 2.24) is 31.6 Å². The molecule has 2 rings (SSSR count). The Kier molecular flexibility index (Phi) is 12.4. The number of primary amides is 1. The molecule has 216 valence electrons. The highest BCUT2D eigenvalue weighted by atomic mass is 32.1. The number of aromatic nitrogens is 1. The second kappa shape index (κ2) is 15.7. The largest absolute Gasteiger partial charge is 0.370 e. The molecule has 0 spiro atoms. The van der Waals surface area contributed by atoms with Gasteiger partial charge in [-0.3, -0.25) is 34.2 Å². The number of para-hydroxylation sites is 1. The van der Waals surface area contributed by atoms with Gasteiger partial charge in [0, 0.05) is 19.9 Å². The van der Waals surface area contributed by atoms with Gasteiger partial charge in [-0.2, -0.15) is 0 Å². The lowest BCUT2D eigenvalue weighted by molar-refractivity contribution is -0.131. The molecule has 0 bridgehead atoms. The molecule has 40 heavy (non-hydrogen) atoms. The molecular weight excluding hydrogens is 542 g/mol. The molecule has 0 radical (unpaired) electrons. The van der Waals surface area contributed by atoms with Crippen LogP contribution in [0.4, 0.5) is 0 Å². The number of hydrogen-bond acceptors (Lipinski definition) is 9. The first-order valence-electron chi connectivity index (χ1n) is 12.3. The van der Waals surface area contributed by atoms with E-state index in [4.69, 9.17) is 16.9 Å². The molecule has 15 nitrogen and oxygen atoms in total. The Morgan fingerprint density at radius 2 is 1.57 bits per heavy atom. The Morgan fingerprint density at radius 1 is 0.925 bits per heavy atom. The first kappa shape index (κ1) is 31.6. The quantitative estimate of drug-likeness (QED) is 0.0487. The van der Waals surface area contributed by atoms with Gasteiger partial charge in [-0.25, -0.2) is 4.98 Å². The molecule has 16 heteroatoms. The van der Waals surface area contributed by atoms with Crippen molar-refractivity contribution in [2.24, 2.45) is 11.5 Å². The fraction of sp³-hybridized carbons (Fsp3) is 0.417. The average Bonchev–Trinajstić information content (AvgIpc) is 3.34. The maximum absolute atomic E-state index is 13.2. The van der Waals surface area contributed by atoms with E-state index in [9.17, 15) is 28.8 Å². The van der Waals surface area contributed by atoms with Crippen LogP contribution in [0.15, 0.2) is 24.3 Å². The summed E-state index contributed by atoms with van der Waals surface area (Å²) in [4.78, 5) is 77.3. The van der Waals surface area contributed by atoms with Crippen LogP contribution in [0.5, 0.6) is 0 Å². The van der Waals surface area contributed by atoms with Crippen molar-refractivity contribution in [3.8, 4) is 0 Å². The maximum Gasteiger partial charge on any atom is 0.243 e. The molecule has 1 aromatic carbocycles. The Labute approximate surface area is 233 Å². The summed E-state index contributed by atoms with van der Waals surface area (Å²) in [5.41, 5.74) is 11.1. The van der Waals surface area contributed by atoms with Gasteiger partial charge in [0.05, 0.1) is 29.3 Å². The topological polar surface area (TPSA) is 251 Å². The smallest absolute Gasteiger partial charge is 0.243 e. The number of nitrogens with two attached hydrogens (primary N) is 2. The molecule has 0 fully saturated rings. The average molecular weight is 576 g/mol. The number of amides is 5. The summed E-state index contributed by atoms with van der Waals surface area (Å²) in [6, 6.07) is 5.05. The fourth-order valence-corrected chi connectivity index (χ4v) is 4.43. The number of carbonyl (C=O) groups excluding carboxylic acids is 6. The van der Waals surface area contributed by atoms with E-state index in [0.717, 1.165) is 4.70 Å². The van der Waals surface area contributed by atoms with Crippen molar-refractivity contribution in [2.45, 2.75) is 44.7 Å². The first-order valence-corrected chi connectivity index (χ1v) is 13.1. The fourth-order valence-electron chi connectivity index (χ4n) is 3.47. The van der Waals surface area contributed by atoms with E-state index < -0.39 is 53.9 Å². The van der Waals surface area contributed by atoms with Crippen LogP contribution in [0, 0.1) is 5.41 Å². The molecule has 0 saturated carbocycles. The van der Waals surface area contributed by atoms with Gasteiger partial charge in [0.2, 0.25) is 35.3 Å². The van der Waals surface area contributed by atoms with Crippen LogP contribution >= 0.6 is 11.3 Å². The molecule has 0 unspecified atom stereocenters. The second-order valence-electron chi connectivity index (χ2n) is 8.71. The van der Waals surface area contributed by atoms with Crippen LogP contribution in [-0.2, 0) is 24.0 Å². The van der Waals surface area contributed by atoms with Gasteiger partial charge in [-0.15, -0.1) is 11.3 Å². The number of guanidine groups is 1. The lowest BCUT2D eigenvalue weighted by Crippen LogP contribution is -2.52. The van der Waals surface area contributed by atoms with Crippen molar-refractivity contribution >= 4 is 62.8 Å². The zero-order valence-electron chi connectivity index (χ0n) is 21.9. The van der Waals surface area contributed by atoms with Crippen molar-refractivity contribution < 1.29 is 28.8 Å². The van der Waals surface area contributed by atoms with E-state index in [1.807, 2.05) is 12.1 Å². The van der Waals surface area contributed by atoms with E-state index >= 15 is 0 Å². The Morgan fingerprint density at radius 3 is 2.20 bits per heavy atom. The maximum atomic E-state index is 13.2. The summed E-state index contributed by atoms with van der Waals surface area (Å²) < 4.78 is 0.809. The zero-order valence-corrected chi connectivity index (χ0v) is 22.7. The molecule has 10 N–H and O–H groups in total. The SMILES string of the molecule is CC(=O)NCC(=O)N[C@@H](CCC(N)=O)C(=O)NCC(=O)N[C@@H](CCCNC(=N)N)C(=O)c1nc2ccccc2s1. The number of ketones is 1.